The summed E-state index contributed by atoms with van der Waals surface area (Å²) in [6.45, 7) is 1.54. The zero-order chi connectivity index (χ0) is 12.5. The topological polar surface area (TPSA) is 21.3 Å². The van der Waals surface area contributed by atoms with Crippen LogP contribution in [0.4, 0.5) is 17.6 Å². The maximum Gasteiger partial charge on any atom is 0.419 e. The van der Waals surface area contributed by atoms with E-state index in [1.807, 2.05) is 0 Å². The molecular formula is C11H12ClF4NO. The average molecular weight is 286 g/mol. The Morgan fingerprint density at radius 3 is 2.56 bits per heavy atom. The van der Waals surface area contributed by atoms with E-state index in [1.54, 1.807) is 0 Å². The minimum absolute atomic E-state index is 0. The van der Waals surface area contributed by atoms with Crippen molar-refractivity contribution in [2.24, 2.45) is 0 Å². The summed E-state index contributed by atoms with van der Waals surface area (Å²) in [6.07, 6.45) is -5.13. The zero-order valence-corrected chi connectivity index (χ0v) is 10.1. The number of halogens is 5. The third-order valence-corrected chi connectivity index (χ3v) is 2.60. The molecule has 102 valence electrons. The third kappa shape index (κ3) is 3.34. The van der Waals surface area contributed by atoms with Crippen molar-refractivity contribution in [1.82, 2.24) is 5.32 Å². The van der Waals surface area contributed by atoms with Crippen LogP contribution in [0, 0.1) is 5.82 Å². The fraction of sp³-hybridized carbons (Fsp3) is 0.455. The van der Waals surface area contributed by atoms with Gasteiger partial charge in [-0.2, -0.15) is 13.2 Å². The van der Waals surface area contributed by atoms with E-state index < -0.39 is 23.7 Å². The van der Waals surface area contributed by atoms with Crippen molar-refractivity contribution in [2.75, 3.05) is 19.7 Å². The maximum atomic E-state index is 13.1. The van der Waals surface area contributed by atoms with Gasteiger partial charge in [-0.05, 0) is 17.7 Å². The van der Waals surface area contributed by atoms with Crippen LogP contribution in [0.1, 0.15) is 17.2 Å². The molecule has 0 aliphatic carbocycles. The van der Waals surface area contributed by atoms with E-state index in [9.17, 15) is 17.6 Å². The Morgan fingerprint density at radius 1 is 1.28 bits per heavy atom. The molecular weight excluding hydrogens is 274 g/mol. The summed E-state index contributed by atoms with van der Waals surface area (Å²) in [7, 11) is 0. The van der Waals surface area contributed by atoms with Gasteiger partial charge < -0.3 is 10.1 Å². The normalized spacial score (nSPS) is 20.3. The van der Waals surface area contributed by atoms with E-state index >= 15 is 0 Å². The van der Waals surface area contributed by atoms with Crippen molar-refractivity contribution >= 4 is 12.4 Å². The standard InChI is InChI=1S/C11H11F4NO.ClH/c12-9-2-1-7(5-8(9)11(13,14)15)10-6-16-3-4-17-10;/h1-2,5,10,16H,3-4,6H2;1H. The minimum atomic E-state index is -4.68. The van der Waals surface area contributed by atoms with Gasteiger partial charge in [-0.25, -0.2) is 4.39 Å². The van der Waals surface area contributed by atoms with Crippen LogP contribution in [0.3, 0.4) is 0 Å². The van der Waals surface area contributed by atoms with Crippen LogP contribution in [0.15, 0.2) is 18.2 Å². The smallest absolute Gasteiger partial charge is 0.371 e. The van der Waals surface area contributed by atoms with Crippen LogP contribution in [0.2, 0.25) is 0 Å². The average Bonchev–Trinajstić information content (AvgIpc) is 2.29. The molecule has 0 spiro atoms. The SMILES string of the molecule is Cl.Fc1ccc(C2CNCCO2)cc1C(F)(F)F. The Bertz CT molecular complexity index is 405. The molecule has 1 aromatic rings. The zero-order valence-electron chi connectivity index (χ0n) is 9.26. The fourth-order valence-electron chi connectivity index (χ4n) is 1.74. The molecule has 0 aromatic heterocycles. The largest absolute Gasteiger partial charge is 0.419 e. The van der Waals surface area contributed by atoms with Crippen LogP contribution in [-0.2, 0) is 10.9 Å². The summed E-state index contributed by atoms with van der Waals surface area (Å²) >= 11 is 0. The predicted octanol–water partition coefficient (Wildman–Crippen LogP) is 2.93. The molecule has 0 amide bonds. The van der Waals surface area contributed by atoms with Gasteiger partial charge in [0.05, 0.1) is 18.3 Å². The van der Waals surface area contributed by atoms with Crippen LogP contribution >= 0.6 is 12.4 Å². The van der Waals surface area contributed by atoms with Crippen molar-refractivity contribution in [1.29, 1.82) is 0 Å². The molecule has 1 fully saturated rings. The van der Waals surface area contributed by atoms with Crippen LogP contribution in [-0.4, -0.2) is 19.7 Å². The first-order valence-electron chi connectivity index (χ1n) is 5.17. The first-order chi connectivity index (χ1) is 7.98. The second kappa shape index (κ2) is 5.86. The summed E-state index contributed by atoms with van der Waals surface area (Å²) < 4.78 is 55.9. The lowest BCUT2D eigenvalue weighted by Gasteiger charge is -2.24. The molecule has 18 heavy (non-hydrogen) atoms. The number of benzene rings is 1. The van der Waals surface area contributed by atoms with E-state index in [0.29, 0.717) is 25.3 Å². The first kappa shape index (κ1) is 15.2. The molecule has 0 bridgehead atoms. The molecule has 0 saturated carbocycles. The molecule has 1 aliphatic heterocycles. The minimum Gasteiger partial charge on any atom is -0.371 e. The summed E-state index contributed by atoms with van der Waals surface area (Å²) in [6, 6.07) is 2.96. The highest BCUT2D eigenvalue weighted by molar-refractivity contribution is 5.85. The molecule has 1 aliphatic rings. The molecule has 1 heterocycles. The highest BCUT2D eigenvalue weighted by atomic mass is 35.5. The Labute approximate surface area is 108 Å². The van der Waals surface area contributed by atoms with Crippen LogP contribution in [0.25, 0.3) is 0 Å². The number of hydrogen-bond donors (Lipinski definition) is 1. The number of hydrogen-bond acceptors (Lipinski definition) is 2. The van der Waals surface area contributed by atoms with E-state index in [0.717, 1.165) is 12.1 Å². The van der Waals surface area contributed by atoms with E-state index in [-0.39, 0.29) is 12.4 Å². The van der Waals surface area contributed by atoms with Crippen molar-refractivity contribution in [3.05, 3.63) is 35.1 Å². The van der Waals surface area contributed by atoms with Crippen molar-refractivity contribution in [3.63, 3.8) is 0 Å². The van der Waals surface area contributed by atoms with E-state index in [4.69, 9.17) is 4.74 Å². The number of morpholine rings is 1. The van der Waals surface area contributed by atoms with Gasteiger partial charge >= 0.3 is 6.18 Å². The molecule has 1 unspecified atom stereocenters. The molecule has 2 nitrogen and oxygen atoms in total. The number of rotatable bonds is 1. The van der Waals surface area contributed by atoms with Crippen LogP contribution in [0.5, 0.6) is 0 Å². The van der Waals surface area contributed by atoms with Gasteiger partial charge in [-0.3, -0.25) is 0 Å². The lowest BCUT2D eigenvalue weighted by Crippen LogP contribution is -2.33. The van der Waals surface area contributed by atoms with Gasteiger partial charge in [0, 0.05) is 13.1 Å². The summed E-state index contributed by atoms with van der Waals surface area (Å²) in [4.78, 5) is 0. The number of alkyl halides is 3. The summed E-state index contributed by atoms with van der Waals surface area (Å²) in [5, 5.41) is 3.01. The summed E-state index contributed by atoms with van der Waals surface area (Å²) in [5.41, 5.74) is -0.907. The number of nitrogens with one attached hydrogen (secondary N) is 1. The lowest BCUT2D eigenvalue weighted by atomic mass is 10.0. The maximum absolute atomic E-state index is 13.1. The highest BCUT2D eigenvalue weighted by Crippen LogP contribution is 2.33. The van der Waals surface area contributed by atoms with Gasteiger partial charge in [0.15, 0.2) is 0 Å². The Morgan fingerprint density at radius 2 is 2.00 bits per heavy atom. The predicted molar refractivity (Wildman–Crippen MR) is 60.2 cm³/mol. The third-order valence-electron chi connectivity index (χ3n) is 2.60. The molecule has 2 rings (SSSR count). The fourth-order valence-corrected chi connectivity index (χ4v) is 1.74. The molecule has 0 radical (unpaired) electrons. The van der Waals surface area contributed by atoms with Gasteiger partial charge in [-0.15, -0.1) is 12.4 Å². The Balaban J connectivity index is 0.00000162. The Kier molecular flexibility index (Phi) is 4.95. The van der Waals surface area contributed by atoms with Crippen molar-refractivity contribution in [3.8, 4) is 0 Å². The second-order valence-corrected chi connectivity index (χ2v) is 3.80. The van der Waals surface area contributed by atoms with Gasteiger partial charge in [0.2, 0.25) is 0 Å². The molecule has 1 N–H and O–H groups in total. The molecule has 1 aromatic carbocycles. The van der Waals surface area contributed by atoms with Crippen molar-refractivity contribution in [2.45, 2.75) is 12.3 Å². The van der Waals surface area contributed by atoms with E-state index in [2.05, 4.69) is 5.32 Å². The van der Waals surface area contributed by atoms with Crippen LogP contribution < -0.4 is 5.32 Å². The second-order valence-electron chi connectivity index (χ2n) is 3.80. The number of ether oxygens (including phenoxy) is 1. The molecule has 7 heteroatoms. The van der Waals surface area contributed by atoms with E-state index in [1.165, 1.54) is 6.07 Å². The van der Waals surface area contributed by atoms with Gasteiger partial charge in [0.1, 0.15) is 5.82 Å². The van der Waals surface area contributed by atoms with Crippen molar-refractivity contribution < 1.29 is 22.3 Å². The molecule has 1 saturated heterocycles. The monoisotopic (exact) mass is 285 g/mol. The lowest BCUT2D eigenvalue weighted by molar-refractivity contribution is -0.140. The molecule has 1 atom stereocenters. The quantitative estimate of drug-likeness (QED) is 0.801. The summed E-state index contributed by atoms with van der Waals surface area (Å²) in [5.74, 6) is -1.26. The van der Waals surface area contributed by atoms with Gasteiger partial charge in [0.25, 0.3) is 0 Å². The highest BCUT2D eigenvalue weighted by Gasteiger charge is 2.34. The Hall–Kier alpha value is -0.850. The first-order valence-corrected chi connectivity index (χ1v) is 5.17. The van der Waals surface area contributed by atoms with Gasteiger partial charge in [-0.1, -0.05) is 6.07 Å².